The Labute approximate surface area is 86.8 Å². The summed E-state index contributed by atoms with van der Waals surface area (Å²) in [5.41, 5.74) is 0. The maximum atomic E-state index is 11.9. The summed E-state index contributed by atoms with van der Waals surface area (Å²) in [5.74, 6) is 0. The first-order chi connectivity index (χ1) is 6.31. The highest BCUT2D eigenvalue weighted by molar-refractivity contribution is 8.01. The van der Waals surface area contributed by atoms with Crippen molar-refractivity contribution in [2.45, 2.75) is 49.4 Å². The zero-order valence-corrected chi connectivity index (χ0v) is 9.26. The van der Waals surface area contributed by atoms with Crippen molar-refractivity contribution in [2.75, 3.05) is 6.54 Å². The highest BCUT2D eigenvalue weighted by Crippen LogP contribution is 2.37. The predicted molar refractivity (Wildman–Crippen MR) is 53.4 cm³/mol. The minimum Gasteiger partial charge on any atom is -0.302 e. The van der Waals surface area contributed by atoms with E-state index in [-0.39, 0.29) is 11.3 Å². The molecule has 1 fully saturated rings. The highest BCUT2D eigenvalue weighted by Gasteiger charge is 2.34. The normalized spacial score (nSPS) is 33.6. The van der Waals surface area contributed by atoms with Crippen molar-refractivity contribution >= 4 is 11.8 Å². The average molecular weight is 227 g/mol. The average Bonchev–Trinajstić information content (AvgIpc) is 2.28. The molecule has 1 nitrogen and oxygen atoms in total. The summed E-state index contributed by atoms with van der Waals surface area (Å²) < 4.78 is 35.7. The van der Waals surface area contributed by atoms with E-state index in [1.165, 1.54) is 0 Å². The number of hydrogen-bond acceptors (Lipinski definition) is 2. The lowest BCUT2D eigenvalue weighted by atomic mass is 10.1. The fourth-order valence-electron chi connectivity index (χ4n) is 1.66. The molecular formula is C9H16F3NS. The first kappa shape index (κ1) is 12.2. The largest absolute Gasteiger partial charge is 0.389 e. The van der Waals surface area contributed by atoms with Crippen molar-refractivity contribution in [3.8, 4) is 0 Å². The van der Waals surface area contributed by atoms with Gasteiger partial charge in [-0.05, 0) is 19.8 Å². The van der Waals surface area contributed by atoms with Gasteiger partial charge in [-0.1, -0.05) is 6.92 Å². The van der Waals surface area contributed by atoms with E-state index in [1.807, 2.05) is 6.92 Å². The number of rotatable bonds is 3. The maximum absolute atomic E-state index is 11.9. The van der Waals surface area contributed by atoms with Gasteiger partial charge >= 0.3 is 6.18 Å². The maximum Gasteiger partial charge on any atom is 0.389 e. The van der Waals surface area contributed by atoms with Crippen LogP contribution in [0.3, 0.4) is 0 Å². The fraction of sp³-hybridized carbons (Fsp3) is 1.00. The molecule has 1 saturated heterocycles. The Morgan fingerprint density at radius 2 is 2.14 bits per heavy atom. The lowest BCUT2D eigenvalue weighted by Gasteiger charge is -2.23. The van der Waals surface area contributed by atoms with Crippen molar-refractivity contribution < 1.29 is 13.2 Å². The minimum atomic E-state index is -4.01. The van der Waals surface area contributed by atoms with E-state index >= 15 is 0 Å². The molecule has 84 valence electrons. The third kappa shape index (κ3) is 4.09. The summed E-state index contributed by atoms with van der Waals surface area (Å²) in [4.78, 5) is -0.148. The summed E-state index contributed by atoms with van der Waals surface area (Å²) >= 11 is 1.74. The smallest absolute Gasteiger partial charge is 0.302 e. The van der Waals surface area contributed by atoms with Crippen molar-refractivity contribution in [3.05, 3.63) is 0 Å². The Kier molecular flexibility index (Phi) is 3.75. The molecule has 0 aromatic carbocycles. The van der Waals surface area contributed by atoms with Gasteiger partial charge in [-0.15, -0.1) is 11.8 Å². The molecule has 0 radical (unpaired) electrons. The molecular weight excluding hydrogens is 211 g/mol. The fourth-order valence-corrected chi connectivity index (χ4v) is 3.14. The third-order valence-corrected chi connectivity index (χ3v) is 3.78. The molecule has 0 aromatic heterocycles. The van der Waals surface area contributed by atoms with Gasteiger partial charge < -0.3 is 5.32 Å². The number of hydrogen-bond donors (Lipinski definition) is 1. The van der Waals surface area contributed by atoms with Gasteiger partial charge in [0, 0.05) is 18.2 Å². The number of alkyl halides is 3. The molecule has 0 aromatic rings. The van der Waals surface area contributed by atoms with Crippen molar-refractivity contribution in [1.29, 1.82) is 0 Å². The number of nitrogens with one attached hydrogen (secondary N) is 1. The Morgan fingerprint density at radius 1 is 1.50 bits per heavy atom. The van der Waals surface area contributed by atoms with E-state index in [0.29, 0.717) is 11.7 Å². The first-order valence-electron chi connectivity index (χ1n) is 4.80. The molecule has 1 rings (SSSR count). The van der Waals surface area contributed by atoms with E-state index in [9.17, 15) is 13.2 Å². The van der Waals surface area contributed by atoms with Crippen LogP contribution in [0.25, 0.3) is 0 Å². The summed E-state index contributed by atoms with van der Waals surface area (Å²) in [6.07, 6.45) is -3.88. The van der Waals surface area contributed by atoms with Gasteiger partial charge in [0.25, 0.3) is 0 Å². The highest BCUT2D eigenvalue weighted by atomic mass is 32.2. The van der Waals surface area contributed by atoms with E-state index in [0.717, 1.165) is 6.54 Å². The third-order valence-electron chi connectivity index (χ3n) is 2.34. The van der Waals surface area contributed by atoms with Crippen LogP contribution in [-0.2, 0) is 0 Å². The quantitative estimate of drug-likeness (QED) is 0.794. The van der Waals surface area contributed by atoms with Gasteiger partial charge in [-0.2, -0.15) is 13.2 Å². The number of thioether (sulfide) groups is 1. The van der Waals surface area contributed by atoms with Crippen molar-refractivity contribution in [1.82, 2.24) is 5.32 Å². The zero-order chi connectivity index (χ0) is 10.8. The van der Waals surface area contributed by atoms with Gasteiger partial charge in [0.1, 0.15) is 0 Å². The molecule has 5 heteroatoms. The molecule has 0 bridgehead atoms. The second-order valence-electron chi connectivity index (χ2n) is 4.01. The molecule has 2 unspecified atom stereocenters. The summed E-state index contributed by atoms with van der Waals surface area (Å²) in [5, 5.41) is 3.77. The molecule has 1 aliphatic rings. The van der Waals surface area contributed by atoms with Crippen LogP contribution < -0.4 is 5.32 Å². The van der Waals surface area contributed by atoms with Gasteiger partial charge in [0.05, 0.1) is 4.87 Å². The van der Waals surface area contributed by atoms with Crippen LogP contribution in [0.1, 0.15) is 33.1 Å². The van der Waals surface area contributed by atoms with Gasteiger partial charge in [0.2, 0.25) is 0 Å². The Bertz CT molecular complexity index is 195. The SMILES string of the molecule is CC1CNC(C)(CCCC(F)(F)F)S1. The van der Waals surface area contributed by atoms with Gasteiger partial charge in [-0.3, -0.25) is 0 Å². The van der Waals surface area contributed by atoms with Crippen LogP contribution in [0, 0.1) is 0 Å². The summed E-state index contributed by atoms with van der Waals surface area (Å²) in [6, 6.07) is 0. The molecule has 2 atom stereocenters. The van der Waals surface area contributed by atoms with Crippen LogP contribution >= 0.6 is 11.8 Å². The summed E-state index contributed by atoms with van der Waals surface area (Å²) in [7, 11) is 0. The molecule has 1 heterocycles. The molecule has 14 heavy (non-hydrogen) atoms. The van der Waals surface area contributed by atoms with Crippen LogP contribution in [0.4, 0.5) is 13.2 Å². The molecule has 0 amide bonds. The molecule has 1 aliphatic heterocycles. The van der Waals surface area contributed by atoms with Crippen LogP contribution in [0.2, 0.25) is 0 Å². The van der Waals surface area contributed by atoms with Crippen LogP contribution in [0.5, 0.6) is 0 Å². The molecule has 0 spiro atoms. The van der Waals surface area contributed by atoms with Gasteiger partial charge in [-0.25, -0.2) is 0 Å². The Hall–Kier alpha value is 0.100. The van der Waals surface area contributed by atoms with E-state index in [4.69, 9.17) is 0 Å². The van der Waals surface area contributed by atoms with Crippen LogP contribution in [0.15, 0.2) is 0 Å². The standard InChI is InChI=1S/C9H16F3NS/c1-7-6-13-8(2,14-7)4-3-5-9(10,11)12/h7,13H,3-6H2,1-2H3. The monoisotopic (exact) mass is 227 g/mol. The molecule has 0 aliphatic carbocycles. The lowest BCUT2D eigenvalue weighted by molar-refractivity contribution is -0.135. The number of halogens is 3. The molecule has 0 saturated carbocycles. The van der Waals surface area contributed by atoms with Crippen molar-refractivity contribution in [2.24, 2.45) is 0 Å². The van der Waals surface area contributed by atoms with E-state index in [2.05, 4.69) is 12.2 Å². The van der Waals surface area contributed by atoms with Gasteiger partial charge in [0.15, 0.2) is 0 Å². The lowest BCUT2D eigenvalue weighted by Crippen LogP contribution is -2.33. The zero-order valence-electron chi connectivity index (χ0n) is 8.45. The van der Waals surface area contributed by atoms with E-state index in [1.54, 1.807) is 11.8 Å². The van der Waals surface area contributed by atoms with Crippen molar-refractivity contribution in [3.63, 3.8) is 0 Å². The predicted octanol–water partition coefficient (Wildman–Crippen LogP) is 3.16. The van der Waals surface area contributed by atoms with Crippen LogP contribution in [-0.4, -0.2) is 22.8 Å². The second kappa shape index (κ2) is 4.31. The minimum absolute atomic E-state index is 0.148. The second-order valence-corrected chi connectivity index (χ2v) is 5.95. The molecule has 1 N–H and O–H groups in total. The topological polar surface area (TPSA) is 12.0 Å². The first-order valence-corrected chi connectivity index (χ1v) is 5.68. The Balaban J connectivity index is 2.24. The van der Waals surface area contributed by atoms with E-state index < -0.39 is 12.6 Å². The summed E-state index contributed by atoms with van der Waals surface area (Å²) in [6.45, 7) is 4.97. The Morgan fingerprint density at radius 3 is 2.57 bits per heavy atom.